The molecule has 0 aliphatic rings. The van der Waals surface area contributed by atoms with E-state index in [0.29, 0.717) is 5.56 Å². The Labute approximate surface area is 90.4 Å². The molecule has 1 rings (SSSR count). The maximum Gasteiger partial charge on any atom is 0.143 e. The van der Waals surface area contributed by atoms with Crippen molar-refractivity contribution in [1.29, 1.82) is 0 Å². The molecule has 0 saturated carbocycles. The first-order valence-electron chi connectivity index (χ1n) is 4.33. The highest BCUT2D eigenvalue weighted by Crippen LogP contribution is 2.29. The normalized spacial score (nSPS) is 13.0. The van der Waals surface area contributed by atoms with Gasteiger partial charge in [-0.15, -0.1) is 0 Å². The Bertz CT molecular complexity index is 326. The summed E-state index contributed by atoms with van der Waals surface area (Å²) in [4.78, 5) is 0. The lowest BCUT2D eigenvalue weighted by Gasteiger charge is -2.14. The third kappa shape index (κ3) is 1.96. The second-order valence-electron chi connectivity index (χ2n) is 3.35. The molecule has 4 heteroatoms. The fourth-order valence-corrected chi connectivity index (χ4v) is 1.86. The zero-order valence-electron chi connectivity index (χ0n) is 8.07. The van der Waals surface area contributed by atoms with Crippen LogP contribution < -0.4 is 5.73 Å². The largest absolute Gasteiger partial charge is 0.330 e. The molecule has 0 amide bonds. The molecule has 0 aliphatic carbocycles. The van der Waals surface area contributed by atoms with Gasteiger partial charge in [0.2, 0.25) is 0 Å². The average molecular weight is 264 g/mol. The molecule has 0 aromatic heterocycles. The molecular formula is C10H12BrF2N. The smallest absolute Gasteiger partial charge is 0.143 e. The van der Waals surface area contributed by atoms with Crippen molar-refractivity contribution in [3.8, 4) is 0 Å². The average Bonchev–Trinajstić information content (AvgIpc) is 2.15. The van der Waals surface area contributed by atoms with Gasteiger partial charge in [-0.25, -0.2) is 8.78 Å². The van der Waals surface area contributed by atoms with Crippen molar-refractivity contribution in [2.75, 3.05) is 6.54 Å². The molecule has 2 N–H and O–H groups in total. The third-order valence-electron chi connectivity index (χ3n) is 2.22. The van der Waals surface area contributed by atoms with Crippen LogP contribution in [0.5, 0.6) is 0 Å². The Balaban J connectivity index is 3.39. The Hall–Kier alpha value is -0.480. The van der Waals surface area contributed by atoms with Gasteiger partial charge >= 0.3 is 0 Å². The van der Waals surface area contributed by atoms with Gasteiger partial charge in [-0.1, -0.05) is 6.92 Å². The van der Waals surface area contributed by atoms with Crippen molar-refractivity contribution in [2.45, 2.75) is 19.8 Å². The van der Waals surface area contributed by atoms with E-state index in [2.05, 4.69) is 15.9 Å². The highest BCUT2D eigenvalue weighted by Gasteiger charge is 2.19. The zero-order valence-corrected chi connectivity index (χ0v) is 9.66. The minimum Gasteiger partial charge on any atom is -0.330 e. The summed E-state index contributed by atoms with van der Waals surface area (Å²) in [5.41, 5.74) is 5.89. The van der Waals surface area contributed by atoms with Crippen molar-refractivity contribution >= 4 is 15.9 Å². The van der Waals surface area contributed by atoms with E-state index in [9.17, 15) is 8.78 Å². The quantitative estimate of drug-likeness (QED) is 0.816. The van der Waals surface area contributed by atoms with Crippen molar-refractivity contribution < 1.29 is 8.78 Å². The maximum absolute atomic E-state index is 13.6. The first-order valence-corrected chi connectivity index (χ1v) is 5.12. The lowest BCUT2D eigenvalue weighted by atomic mass is 9.98. The van der Waals surface area contributed by atoms with Crippen LogP contribution in [0.1, 0.15) is 24.0 Å². The highest BCUT2D eigenvalue weighted by molar-refractivity contribution is 9.10. The summed E-state index contributed by atoms with van der Waals surface area (Å²) in [6.07, 6.45) is 0. The van der Waals surface area contributed by atoms with Gasteiger partial charge in [0.15, 0.2) is 0 Å². The van der Waals surface area contributed by atoms with Gasteiger partial charge in [-0.2, -0.15) is 0 Å². The van der Waals surface area contributed by atoms with Crippen LogP contribution >= 0.6 is 15.9 Å². The van der Waals surface area contributed by atoms with E-state index in [0.717, 1.165) is 0 Å². The lowest BCUT2D eigenvalue weighted by Crippen LogP contribution is -2.13. The molecule has 1 unspecified atom stereocenters. The molecule has 0 heterocycles. The number of rotatable bonds is 2. The van der Waals surface area contributed by atoms with Crippen LogP contribution in [-0.4, -0.2) is 6.54 Å². The highest BCUT2D eigenvalue weighted by atomic mass is 79.9. The lowest BCUT2D eigenvalue weighted by molar-refractivity contribution is 0.525. The number of hydrogen-bond donors (Lipinski definition) is 1. The molecule has 0 spiro atoms. The van der Waals surface area contributed by atoms with Crippen LogP contribution in [0.3, 0.4) is 0 Å². The molecule has 0 saturated heterocycles. The van der Waals surface area contributed by atoms with Gasteiger partial charge < -0.3 is 5.73 Å². The minimum atomic E-state index is -0.550. The van der Waals surface area contributed by atoms with Gasteiger partial charge in [0.1, 0.15) is 11.6 Å². The summed E-state index contributed by atoms with van der Waals surface area (Å²) < 4.78 is 27.4. The first-order chi connectivity index (χ1) is 6.49. The zero-order chi connectivity index (χ0) is 10.9. The van der Waals surface area contributed by atoms with E-state index in [4.69, 9.17) is 5.73 Å². The predicted octanol–water partition coefficient (Wildman–Crippen LogP) is 3.10. The Kier molecular flexibility index (Phi) is 3.61. The van der Waals surface area contributed by atoms with Gasteiger partial charge in [-0.05, 0) is 46.9 Å². The Morgan fingerprint density at radius 1 is 1.43 bits per heavy atom. The van der Waals surface area contributed by atoms with Crippen LogP contribution in [0.15, 0.2) is 10.5 Å². The van der Waals surface area contributed by atoms with Crippen molar-refractivity contribution in [1.82, 2.24) is 0 Å². The molecule has 0 fully saturated rings. The monoisotopic (exact) mass is 263 g/mol. The molecule has 1 aromatic rings. The van der Waals surface area contributed by atoms with Gasteiger partial charge in [0, 0.05) is 5.56 Å². The topological polar surface area (TPSA) is 26.0 Å². The number of benzene rings is 1. The summed E-state index contributed by atoms with van der Waals surface area (Å²) in [7, 11) is 0. The summed E-state index contributed by atoms with van der Waals surface area (Å²) in [6.45, 7) is 3.53. The fourth-order valence-electron chi connectivity index (χ4n) is 1.30. The summed E-state index contributed by atoms with van der Waals surface area (Å²) in [5, 5.41) is 0. The summed E-state index contributed by atoms with van der Waals surface area (Å²) in [6, 6.07) is 1.43. The van der Waals surface area contributed by atoms with Crippen LogP contribution in [0.2, 0.25) is 0 Å². The van der Waals surface area contributed by atoms with E-state index in [1.165, 1.54) is 6.07 Å². The van der Waals surface area contributed by atoms with Crippen LogP contribution in [0, 0.1) is 18.6 Å². The second-order valence-corrected chi connectivity index (χ2v) is 4.21. The van der Waals surface area contributed by atoms with E-state index < -0.39 is 11.6 Å². The van der Waals surface area contributed by atoms with E-state index in [1.54, 1.807) is 13.8 Å². The predicted molar refractivity (Wildman–Crippen MR) is 56.3 cm³/mol. The molecule has 14 heavy (non-hydrogen) atoms. The van der Waals surface area contributed by atoms with E-state index >= 15 is 0 Å². The van der Waals surface area contributed by atoms with Crippen molar-refractivity contribution in [3.05, 3.63) is 33.3 Å². The fraction of sp³-hybridized carbons (Fsp3) is 0.400. The number of aryl methyl sites for hydroxylation is 1. The van der Waals surface area contributed by atoms with Crippen LogP contribution in [0.4, 0.5) is 8.78 Å². The Morgan fingerprint density at radius 2 is 2.00 bits per heavy atom. The molecular weight excluding hydrogens is 252 g/mol. The summed E-state index contributed by atoms with van der Waals surface area (Å²) in [5.74, 6) is -1.36. The number of halogens is 3. The number of hydrogen-bond acceptors (Lipinski definition) is 1. The van der Waals surface area contributed by atoms with Gasteiger partial charge in [0.25, 0.3) is 0 Å². The molecule has 0 radical (unpaired) electrons. The molecule has 78 valence electrons. The van der Waals surface area contributed by atoms with Crippen molar-refractivity contribution in [2.24, 2.45) is 5.73 Å². The van der Waals surface area contributed by atoms with E-state index in [1.807, 2.05) is 0 Å². The third-order valence-corrected chi connectivity index (χ3v) is 2.80. The molecule has 1 nitrogen and oxygen atoms in total. The second kappa shape index (κ2) is 4.36. The Morgan fingerprint density at radius 3 is 2.50 bits per heavy atom. The molecule has 0 bridgehead atoms. The standard InChI is InChI=1S/C10H12BrF2N/c1-5-3-7(11)10(13)8(9(5)12)6(2)4-14/h3,6H,4,14H2,1-2H3. The first kappa shape index (κ1) is 11.6. The van der Waals surface area contributed by atoms with Gasteiger partial charge in [-0.3, -0.25) is 0 Å². The van der Waals surface area contributed by atoms with Crippen LogP contribution in [-0.2, 0) is 0 Å². The minimum absolute atomic E-state index is 0.0689. The SMILES string of the molecule is Cc1cc(Br)c(F)c(C(C)CN)c1F. The van der Waals surface area contributed by atoms with E-state index in [-0.39, 0.29) is 22.5 Å². The molecule has 0 aliphatic heterocycles. The molecule has 1 aromatic carbocycles. The van der Waals surface area contributed by atoms with Crippen molar-refractivity contribution in [3.63, 3.8) is 0 Å². The summed E-state index contributed by atoms with van der Waals surface area (Å²) >= 11 is 3.05. The van der Waals surface area contributed by atoms with Gasteiger partial charge in [0.05, 0.1) is 4.47 Å². The molecule has 1 atom stereocenters. The van der Waals surface area contributed by atoms with Crippen LogP contribution in [0.25, 0.3) is 0 Å². The number of nitrogens with two attached hydrogens (primary N) is 1. The maximum atomic E-state index is 13.6.